The predicted octanol–water partition coefficient (Wildman–Crippen LogP) is 4.18. The fourth-order valence-electron chi connectivity index (χ4n) is 2.21. The van der Waals surface area contributed by atoms with Crippen molar-refractivity contribution in [3.05, 3.63) is 71.8 Å². The van der Waals surface area contributed by atoms with Crippen LogP contribution in [0.3, 0.4) is 0 Å². The van der Waals surface area contributed by atoms with Crippen molar-refractivity contribution in [1.29, 1.82) is 0 Å². The molecule has 1 atom stereocenters. The average Bonchev–Trinajstić information content (AvgIpc) is 2.52. The fraction of sp³-hybridized carbons (Fsp3) is 0.263. The number of phenols is 1. The first-order valence-electron chi connectivity index (χ1n) is 7.41. The fourth-order valence-corrected chi connectivity index (χ4v) is 2.21. The van der Waals surface area contributed by atoms with Gasteiger partial charge in [-0.3, -0.25) is 0 Å². The van der Waals surface area contributed by atoms with E-state index in [0.717, 1.165) is 31.2 Å². The third-order valence-corrected chi connectivity index (χ3v) is 3.48. The molecule has 0 radical (unpaired) electrons. The van der Waals surface area contributed by atoms with Gasteiger partial charge in [0.15, 0.2) is 0 Å². The Bertz CT molecular complexity index is 544. The second-order valence-corrected chi connectivity index (χ2v) is 5.25. The van der Waals surface area contributed by atoms with Crippen LogP contribution in [-0.4, -0.2) is 16.3 Å². The third-order valence-electron chi connectivity index (χ3n) is 3.48. The predicted molar refractivity (Wildman–Crippen MR) is 87.1 cm³/mol. The van der Waals surface area contributed by atoms with E-state index in [1.165, 1.54) is 5.56 Å². The summed E-state index contributed by atoms with van der Waals surface area (Å²) in [5, 5.41) is 19.2. The highest BCUT2D eigenvalue weighted by atomic mass is 16.3. The van der Waals surface area contributed by atoms with Gasteiger partial charge in [0.05, 0.1) is 6.10 Å². The molecule has 21 heavy (non-hydrogen) atoms. The molecule has 2 N–H and O–H groups in total. The summed E-state index contributed by atoms with van der Waals surface area (Å²) in [5.74, 6) is 0.283. The lowest BCUT2D eigenvalue weighted by Crippen LogP contribution is -2.07. The van der Waals surface area contributed by atoms with Gasteiger partial charge in [0, 0.05) is 0 Å². The molecule has 0 aliphatic rings. The highest BCUT2D eigenvalue weighted by Gasteiger charge is 2.03. The van der Waals surface area contributed by atoms with Crippen LogP contribution in [-0.2, 0) is 6.42 Å². The maximum atomic E-state index is 9.98. The van der Waals surface area contributed by atoms with Crippen LogP contribution in [0.25, 0.3) is 6.08 Å². The van der Waals surface area contributed by atoms with Gasteiger partial charge in [-0.2, -0.15) is 0 Å². The maximum absolute atomic E-state index is 9.98. The van der Waals surface area contributed by atoms with Crippen molar-refractivity contribution in [2.75, 3.05) is 0 Å². The van der Waals surface area contributed by atoms with E-state index in [0.29, 0.717) is 0 Å². The number of allylic oxidation sites excluding steroid dienone is 1. The third kappa shape index (κ3) is 5.84. The van der Waals surface area contributed by atoms with Gasteiger partial charge in [-0.05, 0) is 48.9 Å². The molecule has 2 aromatic carbocycles. The Labute approximate surface area is 126 Å². The smallest absolute Gasteiger partial charge is 0.115 e. The van der Waals surface area contributed by atoms with Gasteiger partial charge in [-0.15, -0.1) is 0 Å². The number of aliphatic hydroxyl groups excluding tert-OH is 1. The molecule has 0 aliphatic carbocycles. The first-order chi connectivity index (χ1) is 10.2. The number of aliphatic hydroxyl groups is 1. The van der Waals surface area contributed by atoms with Crippen LogP contribution in [0.15, 0.2) is 60.7 Å². The SMILES string of the molecule is Oc1ccc(CC[C@H](O)CC/C=C/c2ccccc2)cc1. The van der Waals surface area contributed by atoms with Gasteiger partial charge < -0.3 is 10.2 Å². The van der Waals surface area contributed by atoms with Gasteiger partial charge >= 0.3 is 0 Å². The highest BCUT2D eigenvalue weighted by Crippen LogP contribution is 2.13. The van der Waals surface area contributed by atoms with E-state index in [9.17, 15) is 10.2 Å². The lowest BCUT2D eigenvalue weighted by Gasteiger charge is -2.09. The number of hydrogen-bond donors (Lipinski definition) is 2. The molecular weight excluding hydrogens is 260 g/mol. The molecule has 0 amide bonds. The van der Waals surface area contributed by atoms with Crippen molar-refractivity contribution < 1.29 is 10.2 Å². The summed E-state index contributed by atoms with van der Waals surface area (Å²) >= 11 is 0. The minimum atomic E-state index is -0.278. The van der Waals surface area contributed by atoms with Gasteiger partial charge in [-0.1, -0.05) is 54.6 Å². The molecule has 110 valence electrons. The molecule has 0 aliphatic heterocycles. The molecule has 0 aromatic heterocycles. The van der Waals surface area contributed by atoms with Crippen molar-refractivity contribution >= 4 is 6.08 Å². The molecule has 0 unspecified atom stereocenters. The lowest BCUT2D eigenvalue weighted by molar-refractivity contribution is 0.156. The molecule has 2 heteroatoms. The minimum Gasteiger partial charge on any atom is -0.508 e. The summed E-state index contributed by atoms with van der Waals surface area (Å²) in [7, 11) is 0. The molecular formula is C19H22O2. The Kier molecular flexibility index (Phi) is 6.04. The Morgan fingerprint density at radius 3 is 2.33 bits per heavy atom. The number of aryl methyl sites for hydroxylation is 1. The number of aromatic hydroxyl groups is 1. The van der Waals surface area contributed by atoms with Crippen LogP contribution in [0.4, 0.5) is 0 Å². The number of rotatable bonds is 7. The van der Waals surface area contributed by atoms with Gasteiger partial charge in [-0.25, -0.2) is 0 Å². The minimum absolute atomic E-state index is 0.278. The van der Waals surface area contributed by atoms with E-state index in [1.807, 2.05) is 30.3 Å². The standard InChI is InChI=1S/C19H22O2/c20-18(13-10-17-11-14-19(21)15-12-17)9-5-4-8-16-6-2-1-3-7-16/h1-4,6-8,11-12,14-15,18,20-21H,5,9-10,13H2/b8-4+/t18-/m1/s1. The molecule has 2 nitrogen and oxygen atoms in total. The van der Waals surface area contributed by atoms with E-state index in [-0.39, 0.29) is 11.9 Å². The van der Waals surface area contributed by atoms with Crippen molar-refractivity contribution in [2.45, 2.75) is 31.8 Å². The molecule has 0 bridgehead atoms. The molecule has 0 heterocycles. The Hall–Kier alpha value is -2.06. The molecule has 0 fully saturated rings. The monoisotopic (exact) mass is 282 g/mol. The van der Waals surface area contributed by atoms with Crippen LogP contribution in [0, 0.1) is 0 Å². The largest absolute Gasteiger partial charge is 0.508 e. The molecule has 2 rings (SSSR count). The summed E-state index contributed by atoms with van der Waals surface area (Å²) in [6, 6.07) is 17.3. The number of hydrogen-bond acceptors (Lipinski definition) is 2. The topological polar surface area (TPSA) is 40.5 Å². The maximum Gasteiger partial charge on any atom is 0.115 e. The Morgan fingerprint density at radius 2 is 1.62 bits per heavy atom. The van der Waals surface area contributed by atoms with Gasteiger partial charge in [0.2, 0.25) is 0 Å². The van der Waals surface area contributed by atoms with Crippen LogP contribution in [0.1, 0.15) is 30.4 Å². The summed E-state index contributed by atoms with van der Waals surface area (Å²) < 4.78 is 0. The zero-order chi connectivity index (χ0) is 14.9. The number of benzene rings is 2. The first-order valence-corrected chi connectivity index (χ1v) is 7.41. The van der Waals surface area contributed by atoms with Crippen LogP contribution in [0.5, 0.6) is 5.75 Å². The first kappa shape index (κ1) is 15.3. The Balaban J connectivity index is 1.66. The zero-order valence-electron chi connectivity index (χ0n) is 12.2. The normalized spacial score (nSPS) is 12.6. The highest BCUT2D eigenvalue weighted by molar-refractivity contribution is 5.48. The van der Waals surface area contributed by atoms with Crippen LogP contribution >= 0.6 is 0 Å². The van der Waals surface area contributed by atoms with E-state index >= 15 is 0 Å². The van der Waals surface area contributed by atoms with E-state index in [2.05, 4.69) is 24.3 Å². The second-order valence-electron chi connectivity index (χ2n) is 5.25. The van der Waals surface area contributed by atoms with E-state index in [1.54, 1.807) is 12.1 Å². The van der Waals surface area contributed by atoms with E-state index < -0.39 is 0 Å². The van der Waals surface area contributed by atoms with Crippen molar-refractivity contribution in [3.63, 3.8) is 0 Å². The molecule has 2 aromatic rings. The summed E-state index contributed by atoms with van der Waals surface area (Å²) in [4.78, 5) is 0. The average molecular weight is 282 g/mol. The summed E-state index contributed by atoms with van der Waals surface area (Å²) in [6.07, 6.45) is 7.17. The van der Waals surface area contributed by atoms with Crippen molar-refractivity contribution in [1.82, 2.24) is 0 Å². The van der Waals surface area contributed by atoms with Crippen molar-refractivity contribution in [2.24, 2.45) is 0 Å². The Morgan fingerprint density at radius 1 is 0.905 bits per heavy atom. The van der Waals surface area contributed by atoms with Crippen LogP contribution < -0.4 is 0 Å². The quantitative estimate of drug-likeness (QED) is 0.799. The van der Waals surface area contributed by atoms with Crippen molar-refractivity contribution in [3.8, 4) is 5.75 Å². The lowest BCUT2D eigenvalue weighted by atomic mass is 10.0. The van der Waals surface area contributed by atoms with Crippen LogP contribution in [0.2, 0.25) is 0 Å². The summed E-state index contributed by atoms with van der Waals surface area (Å²) in [6.45, 7) is 0. The van der Waals surface area contributed by atoms with Gasteiger partial charge in [0.25, 0.3) is 0 Å². The molecule has 0 spiro atoms. The second kappa shape index (κ2) is 8.28. The molecule has 0 saturated carbocycles. The number of phenolic OH excluding ortho intramolecular Hbond substituents is 1. The molecule has 0 saturated heterocycles. The zero-order valence-corrected chi connectivity index (χ0v) is 12.2. The summed E-state index contributed by atoms with van der Waals surface area (Å²) in [5.41, 5.74) is 2.34. The van der Waals surface area contributed by atoms with Gasteiger partial charge in [0.1, 0.15) is 5.75 Å². The van der Waals surface area contributed by atoms with E-state index in [4.69, 9.17) is 0 Å².